The van der Waals surface area contributed by atoms with E-state index in [1.54, 1.807) is 11.1 Å². The number of unbranched alkanes of at least 4 members (excludes halogenated alkanes) is 1. The molecule has 5 heteroatoms. The predicted octanol–water partition coefficient (Wildman–Crippen LogP) is 8.22. The first-order chi connectivity index (χ1) is 21.4. The predicted molar refractivity (Wildman–Crippen MR) is 187 cm³/mol. The summed E-state index contributed by atoms with van der Waals surface area (Å²) < 4.78 is 2.40. The highest BCUT2D eigenvalue weighted by Crippen LogP contribution is 2.68. The van der Waals surface area contributed by atoms with Gasteiger partial charge < -0.3 is 24.6 Å². The molecule has 1 fully saturated rings. The molecular weight excluding hydrogens is 538 g/mol. The maximum Gasteiger partial charge on any atom is 0.134 e. The molecule has 7 rings (SSSR count). The summed E-state index contributed by atoms with van der Waals surface area (Å²) in [5, 5.41) is 4.01. The molecule has 1 spiro atoms. The van der Waals surface area contributed by atoms with Crippen LogP contribution in [0.1, 0.15) is 59.3 Å². The molecule has 1 aromatic heterocycles. The standard InChI is InChI=1S/C39H49N5/c1-6-8-19-43-20-17-29-14-11-12-18-39-26-33(39)31-16-10-9-15-30(31)24-32(39)34(40-27-29)23-28(3)35(13-7-2)44-22-21-41(4)38-36(44)25-37(43)42(38)5/h7,10-14,16-17,20,23-25,33,40H,6,8-9,15,18-19,21-22,26-27H2,1-5H3/b12-11-,13-7-,20-17-,29-14-,34-23+,35-28-. The average Bonchev–Trinajstić information content (AvgIpc) is 3.67. The molecule has 4 heterocycles. The van der Waals surface area contributed by atoms with Crippen LogP contribution in [0.3, 0.4) is 0 Å². The SMILES string of the molecule is C\C=C/C1=C(C)/C=C2/NCC(=C\C=C/CC34CC3C3=C(C=C24)CCC=C3)/C=C\N(CCCC)c2cc3c(n2C)N(C)CCN13. The smallest absolute Gasteiger partial charge is 0.134 e. The first-order valence-corrected chi connectivity index (χ1v) is 16.9. The fourth-order valence-corrected chi connectivity index (χ4v) is 8.15. The minimum Gasteiger partial charge on any atom is -0.381 e. The van der Waals surface area contributed by atoms with Crippen LogP contribution >= 0.6 is 0 Å². The van der Waals surface area contributed by atoms with Gasteiger partial charge in [0.05, 0.1) is 5.69 Å². The Balaban J connectivity index is 1.44. The maximum atomic E-state index is 4.01. The molecule has 5 nitrogen and oxygen atoms in total. The van der Waals surface area contributed by atoms with Crippen LogP contribution in [0.5, 0.6) is 0 Å². The fourth-order valence-electron chi connectivity index (χ4n) is 8.15. The van der Waals surface area contributed by atoms with Crippen molar-refractivity contribution in [1.29, 1.82) is 0 Å². The van der Waals surface area contributed by atoms with E-state index < -0.39 is 0 Å². The molecular formula is C39H49N5. The largest absolute Gasteiger partial charge is 0.381 e. The Morgan fingerprint density at radius 1 is 1.11 bits per heavy atom. The van der Waals surface area contributed by atoms with Gasteiger partial charge in [-0.15, -0.1) is 0 Å². The molecule has 1 N–H and O–H groups in total. The van der Waals surface area contributed by atoms with Crippen molar-refractivity contribution in [1.82, 2.24) is 9.88 Å². The zero-order valence-electron chi connectivity index (χ0n) is 27.4. The number of rotatable bonds is 4. The van der Waals surface area contributed by atoms with Crippen LogP contribution < -0.4 is 20.0 Å². The summed E-state index contributed by atoms with van der Waals surface area (Å²) in [6.07, 6.45) is 33.1. The van der Waals surface area contributed by atoms with Crippen LogP contribution in [0.4, 0.5) is 17.3 Å². The van der Waals surface area contributed by atoms with Crippen LogP contribution in [-0.2, 0) is 7.05 Å². The van der Waals surface area contributed by atoms with Crippen LogP contribution in [-0.4, -0.2) is 37.8 Å². The summed E-state index contributed by atoms with van der Waals surface area (Å²) in [5.74, 6) is 3.16. The summed E-state index contributed by atoms with van der Waals surface area (Å²) in [6.45, 7) is 10.5. The summed E-state index contributed by atoms with van der Waals surface area (Å²) >= 11 is 0. The molecule has 0 aromatic carbocycles. The molecule has 1 aromatic rings. The Morgan fingerprint density at radius 2 is 2.00 bits per heavy atom. The number of nitrogens with zero attached hydrogens (tertiary/aromatic N) is 4. The molecule has 0 radical (unpaired) electrons. The van der Waals surface area contributed by atoms with Crippen molar-refractivity contribution in [2.45, 2.75) is 59.3 Å². The molecule has 2 atom stereocenters. The van der Waals surface area contributed by atoms with Crippen LogP contribution in [0.25, 0.3) is 0 Å². The van der Waals surface area contributed by atoms with Crippen LogP contribution in [0.15, 0.2) is 112 Å². The number of aromatic nitrogens is 1. The van der Waals surface area contributed by atoms with E-state index >= 15 is 0 Å². The molecule has 1 saturated carbocycles. The first-order valence-electron chi connectivity index (χ1n) is 16.9. The van der Waals surface area contributed by atoms with E-state index in [4.69, 9.17) is 0 Å². The number of likely N-dealkylation sites (N-methyl/N-ethyl adjacent to an activating group) is 1. The highest BCUT2D eigenvalue weighted by molar-refractivity contribution is 5.80. The van der Waals surface area contributed by atoms with Gasteiger partial charge in [0.2, 0.25) is 0 Å². The van der Waals surface area contributed by atoms with Crippen molar-refractivity contribution in [2.75, 3.05) is 47.9 Å². The molecule has 6 aliphatic rings. The zero-order valence-corrected chi connectivity index (χ0v) is 27.4. The average molecular weight is 588 g/mol. The van der Waals surface area contributed by atoms with E-state index in [-0.39, 0.29) is 5.41 Å². The minimum atomic E-state index is 0.190. The van der Waals surface area contributed by atoms with Crippen LogP contribution in [0.2, 0.25) is 0 Å². The van der Waals surface area contributed by atoms with Crippen molar-refractivity contribution in [3.05, 3.63) is 112 Å². The van der Waals surface area contributed by atoms with E-state index in [1.807, 2.05) is 0 Å². The maximum absolute atomic E-state index is 4.01. The summed E-state index contributed by atoms with van der Waals surface area (Å²) in [7, 11) is 4.47. The third kappa shape index (κ3) is 4.85. The molecule has 0 saturated heterocycles. The molecule has 4 bridgehead atoms. The Morgan fingerprint density at radius 3 is 2.84 bits per heavy atom. The normalized spacial score (nSPS) is 31.6. The lowest BCUT2D eigenvalue weighted by atomic mass is 9.76. The third-order valence-electron chi connectivity index (χ3n) is 10.6. The van der Waals surface area contributed by atoms with Crippen molar-refractivity contribution >= 4 is 17.3 Å². The van der Waals surface area contributed by atoms with Gasteiger partial charge in [-0.25, -0.2) is 0 Å². The summed E-state index contributed by atoms with van der Waals surface area (Å²) in [6, 6.07) is 2.42. The number of allylic oxidation sites excluding steroid dienone is 13. The lowest BCUT2D eigenvalue weighted by Gasteiger charge is -2.37. The highest BCUT2D eigenvalue weighted by Gasteiger charge is 2.59. The van der Waals surface area contributed by atoms with Gasteiger partial charge in [0.25, 0.3) is 0 Å². The third-order valence-corrected chi connectivity index (χ3v) is 10.6. The lowest BCUT2D eigenvalue weighted by Crippen LogP contribution is -2.39. The van der Waals surface area contributed by atoms with Gasteiger partial charge in [0, 0.05) is 69.3 Å². The van der Waals surface area contributed by atoms with Gasteiger partial charge >= 0.3 is 0 Å². The van der Waals surface area contributed by atoms with E-state index in [0.717, 1.165) is 51.9 Å². The van der Waals surface area contributed by atoms with Gasteiger partial charge in [0.1, 0.15) is 11.6 Å². The van der Waals surface area contributed by atoms with E-state index in [9.17, 15) is 0 Å². The number of fused-ring (bicyclic) bond motifs is 6. The molecule has 44 heavy (non-hydrogen) atoms. The van der Waals surface area contributed by atoms with E-state index in [1.165, 1.54) is 58.3 Å². The number of anilines is 3. The minimum absolute atomic E-state index is 0.190. The number of hydrogen-bond donors (Lipinski definition) is 1. The molecule has 0 amide bonds. The highest BCUT2D eigenvalue weighted by atomic mass is 15.4. The van der Waals surface area contributed by atoms with Gasteiger partial charge in [-0.3, -0.25) is 0 Å². The number of hydrogen-bond acceptors (Lipinski definition) is 4. The van der Waals surface area contributed by atoms with Crippen molar-refractivity contribution in [2.24, 2.45) is 18.4 Å². The Labute approximate surface area is 264 Å². The molecule has 2 unspecified atom stereocenters. The Kier molecular flexibility index (Phi) is 7.60. The second-order valence-corrected chi connectivity index (χ2v) is 13.5. The van der Waals surface area contributed by atoms with Crippen LogP contribution in [0, 0.1) is 11.3 Å². The van der Waals surface area contributed by atoms with Gasteiger partial charge in [0.15, 0.2) is 0 Å². The molecule has 230 valence electrons. The topological polar surface area (TPSA) is 26.7 Å². The summed E-state index contributed by atoms with van der Waals surface area (Å²) in [5.41, 5.74) is 11.3. The van der Waals surface area contributed by atoms with E-state index in [2.05, 4.69) is 132 Å². The monoisotopic (exact) mass is 587 g/mol. The number of nitrogens with one attached hydrogen (secondary N) is 1. The lowest BCUT2D eigenvalue weighted by molar-refractivity contribution is 0.557. The fraction of sp³-hybridized carbons (Fsp3) is 0.436. The zero-order chi connectivity index (χ0) is 30.4. The van der Waals surface area contributed by atoms with Gasteiger partial charge in [-0.2, -0.15) is 0 Å². The quantitative estimate of drug-likeness (QED) is 0.384. The van der Waals surface area contributed by atoms with Crippen molar-refractivity contribution < 1.29 is 0 Å². The second-order valence-electron chi connectivity index (χ2n) is 13.5. The van der Waals surface area contributed by atoms with Gasteiger partial charge in [-0.1, -0.05) is 55.9 Å². The van der Waals surface area contributed by atoms with Gasteiger partial charge in [-0.05, 0) is 98.0 Å². The first kappa shape index (κ1) is 28.9. The second kappa shape index (κ2) is 11.6. The van der Waals surface area contributed by atoms with Crippen molar-refractivity contribution in [3.63, 3.8) is 0 Å². The molecule has 3 aliphatic heterocycles. The Hall–Kier alpha value is -3.86. The van der Waals surface area contributed by atoms with Crippen molar-refractivity contribution in [3.8, 4) is 0 Å². The Bertz CT molecular complexity index is 1610. The van der Waals surface area contributed by atoms with E-state index in [0.29, 0.717) is 5.92 Å². The molecule has 3 aliphatic carbocycles. The summed E-state index contributed by atoms with van der Waals surface area (Å²) in [4.78, 5) is 7.45.